The molecule has 2 aromatic carbocycles. The minimum atomic E-state index is -0.822. The highest BCUT2D eigenvalue weighted by atomic mass is 16.4. The maximum Gasteiger partial charge on any atom is 0.304 e. The molecule has 0 unspecified atom stereocenters. The molecule has 0 aliphatic heterocycles. The minimum Gasteiger partial charge on any atom is -0.481 e. The monoisotopic (exact) mass is 295 g/mol. The summed E-state index contributed by atoms with van der Waals surface area (Å²) < 4.78 is 5.84. The Bertz CT molecular complexity index is 800. The zero-order valence-electron chi connectivity index (χ0n) is 12.5. The SMILES string of the molecule is CC(C)(CC(=O)O)c1ccccc1-c1nc2ccccc2o1. The minimum absolute atomic E-state index is 0.0459. The van der Waals surface area contributed by atoms with Gasteiger partial charge in [0, 0.05) is 11.0 Å². The summed E-state index contributed by atoms with van der Waals surface area (Å²) in [6, 6.07) is 15.3. The third-order valence-corrected chi connectivity index (χ3v) is 3.77. The van der Waals surface area contributed by atoms with Crippen molar-refractivity contribution >= 4 is 17.1 Å². The predicted molar refractivity (Wildman–Crippen MR) is 84.7 cm³/mol. The topological polar surface area (TPSA) is 63.3 Å². The second kappa shape index (κ2) is 5.30. The van der Waals surface area contributed by atoms with E-state index in [1.807, 2.05) is 62.4 Å². The first-order chi connectivity index (χ1) is 10.5. The molecule has 0 atom stereocenters. The fraction of sp³-hybridized carbons (Fsp3) is 0.222. The molecule has 4 nitrogen and oxygen atoms in total. The molecular weight excluding hydrogens is 278 g/mol. The number of carboxylic acid groups (broad SMARTS) is 1. The molecule has 3 aromatic rings. The molecule has 0 radical (unpaired) electrons. The first-order valence-electron chi connectivity index (χ1n) is 7.15. The van der Waals surface area contributed by atoms with Crippen LogP contribution in [0.1, 0.15) is 25.8 Å². The van der Waals surface area contributed by atoms with Gasteiger partial charge in [0.15, 0.2) is 5.58 Å². The van der Waals surface area contributed by atoms with Crippen molar-refractivity contribution in [3.05, 3.63) is 54.1 Å². The Balaban J connectivity index is 2.13. The number of benzene rings is 2. The van der Waals surface area contributed by atoms with Crippen LogP contribution >= 0.6 is 0 Å². The van der Waals surface area contributed by atoms with Crippen LogP contribution in [0.4, 0.5) is 0 Å². The van der Waals surface area contributed by atoms with Crippen LogP contribution in [-0.4, -0.2) is 16.1 Å². The van der Waals surface area contributed by atoms with E-state index in [-0.39, 0.29) is 6.42 Å². The molecule has 1 aromatic heterocycles. The third kappa shape index (κ3) is 2.60. The number of aromatic nitrogens is 1. The van der Waals surface area contributed by atoms with Crippen LogP contribution in [0.25, 0.3) is 22.6 Å². The first kappa shape index (κ1) is 14.3. The van der Waals surface area contributed by atoms with Gasteiger partial charge in [0.1, 0.15) is 5.52 Å². The molecular formula is C18H17NO3. The molecule has 0 spiro atoms. The lowest BCUT2D eigenvalue weighted by Crippen LogP contribution is -2.22. The number of fused-ring (bicyclic) bond motifs is 1. The molecule has 3 rings (SSSR count). The van der Waals surface area contributed by atoms with Crippen LogP contribution in [0.3, 0.4) is 0 Å². The molecule has 0 saturated carbocycles. The highest BCUT2D eigenvalue weighted by Gasteiger charge is 2.28. The number of hydrogen-bond donors (Lipinski definition) is 1. The van der Waals surface area contributed by atoms with Crippen LogP contribution < -0.4 is 0 Å². The van der Waals surface area contributed by atoms with Crippen molar-refractivity contribution in [2.45, 2.75) is 25.7 Å². The number of carboxylic acids is 1. The van der Waals surface area contributed by atoms with Crippen LogP contribution in [0.2, 0.25) is 0 Å². The van der Waals surface area contributed by atoms with Gasteiger partial charge in [-0.2, -0.15) is 0 Å². The van der Waals surface area contributed by atoms with Gasteiger partial charge in [-0.3, -0.25) is 4.79 Å². The van der Waals surface area contributed by atoms with E-state index < -0.39 is 11.4 Å². The highest BCUT2D eigenvalue weighted by molar-refractivity contribution is 5.77. The van der Waals surface area contributed by atoms with Gasteiger partial charge in [-0.25, -0.2) is 4.98 Å². The van der Waals surface area contributed by atoms with E-state index in [1.165, 1.54) is 0 Å². The van der Waals surface area contributed by atoms with Crippen molar-refractivity contribution in [3.8, 4) is 11.5 Å². The summed E-state index contributed by atoms with van der Waals surface area (Å²) >= 11 is 0. The van der Waals surface area contributed by atoms with Gasteiger partial charge < -0.3 is 9.52 Å². The Morgan fingerprint density at radius 2 is 1.82 bits per heavy atom. The summed E-state index contributed by atoms with van der Waals surface area (Å²) in [7, 11) is 0. The molecule has 0 bridgehead atoms. The number of rotatable bonds is 4. The lowest BCUT2D eigenvalue weighted by molar-refractivity contribution is -0.138. The predicted octanol–water partition coefficient (Wildman–Crippen LogP) is 4.25. The van der Waals surface area contributed by atoms with E-state index in [4.69, 9.17) is 9.52 Å². The summed E-state index contributed by atoms with van der Waals surface area (Å²) in [6.45, 7) is 3.84. The average Bonchev–Trinajstić information content (AvgIpc) is 2.89. The summed E-state index contributed by atoms with van der Waals surface area (Å²) in [5.74, 6) is -0.298. The van der Waals surface area contributed by atoms with E-state index in [9.17, 15) is 4.79 Å². The van der Waals surface area contributed by atoms with Crippen molar-refractivity contribution in [1.82, 2.24) is 4.98 Å². The second-order valence-electron chi connectivity index (χ2n) is 5.99. The summed E-state index contributed by atoms with van der Waals surface area (Å²) in [4.78, 5) is 15.7. The van der Waals surface area contributed by atoms with Gasteiger partial charge in [0.05, 0.1) is 6.42 Å². The van der Waals surface area contributed by atoms with Gasteiger partial charge in [0.25, 0.3) is 0 Å². The van der Waals surface area contributed by atoms with E-state index in [0.717, 1.165) is 22.2 Å². The lowest BCUT2D eigenvalue weighted by atomic mass is 9.79. The molecule has 22 heavy (non-hydrogen) atoms. The Morgan fingerprint density at radius 3 is 2.55 bits per heavy atom. The molecule has 1 heterocycles. The number of oxazole rings is 1. The van der Waals surface area contributed by atoms with Gasteiger partial charge in [-0.15, -0.1) is 0 Å². The standard InChI is InChI=1S/C18H17NO3/c1-18(2,11-16(20)21)13-8-4-3-7-12(13)17-19-14-9-5-6-10-15(14)22-17/h3-10H,11H2,1-2H3,(H,20,21). The second-order valence-corrected chi connectivity index (χ2v) is 5.99. The van der Waals surface area contributed by atoms with Crippen LogP contribution in [0, 0.1) is 0 Å². The lowest BCUT2D eigenvalue weighted by Gasteiger charge is -2.25. The Kier molecular flexibility index (Phi) is 3.45. The van der Waals surface area contributed by atoms with Crippen molar-refractivity contribution in [3.63, 3.8) is 0 Å². The van der Waals surface area contributed by atoms with Crippen molar-refractivity contribution in [2.75, 3.05) is 0 Å². The number of para-hydroxylation sites is 2. The van der Waals surface area contributed by atoms with E-state index in [0.29, 0.717) is 5.89 Å². The maximum absolute atomic E-state index is 11.1. The van der Waals surface area contributed by atoms with Gasteiger partial charge >= 0.3 is 5.97 Å². The van der Waals surface area contributed by atoms with Crippen LogP contribution in [-0.2, 0) is 10.2 Å². The smallest absolute Gasteiger partial charge is 0.304 e. The molecule has 0 fully saturated rings. The van der Waals surface area contributed by atoms with Gasteiger partial charge in [0.2, 0.25) is 5.89 Å². The summed E-state index contributed by atoms with van der Waals surface area (Å²) in [6.07, 6.45) is 0.0459. The third-order valence-electron chi connectivity index (χ3n) is 3.77. The normalized spacial score (nSPS) is 11.7. The fourth-order valence-electron chi connectivity index (χ4n) is 2.72. The summed E-state index contributed by atoms with van der Waals surface area (Å²) in [5.41, 5.74) is 2.77. The molecule has 0 amide bonds. The van der Waals surface area contributed by atoms with Crippen molar-refractivity contribution in [1.29, 1.82) is 0 Å². The quantitative estimate of drug-likeness (QED) is 0.781. The number of nitrogens with zero attached hydrogens (tertiary/aromatic N) is 1. The first-order valence-corrected chi connectivity index (χ1v) is 7.15. The van der Waals surface area contributed by atoms with Gasteiger partial charge in [-0.1, -0.05) is 44.2 Å². The fourth-order valence-corrected chi connectivity index (χ4v) is 2.72. The molecule has 0 aliphatic rings. The largest absolute Gasteiger partial charge is 0.481 e. The maximum atomic E-state index is 11.1. The Hall–Kier alpha value is -2.62. The number of aliphatic carboxylic acids is 1. The zero-order valence-corrected chi connectivity index (χ0v) is 12.5. The molecule has 1 N–H and O–H groups in total. The molecule has 4 heteroatoms. The average molecular weight is 295 g/mol. The number of carbonyl (C=O) groups is 1. The molecule has 0 saturated heterocycles. The van der Waals surface area contributed by atoms with Crippen molar-refractivity contribution in [2.24, 2.45) is 0 Å². The molecule has 112 valence electrons. The highest BCUT2D eigenvalue weighted by Crippen LogP contribution is 2.36. The zero-order chi connectivity index (χ0) is 15.7. The van der Waals surface area contributed by atoms with Gasteiger partial charge in [-0.05, 0) is 23.8 Å². The Labute approximate surface area is 128 Å². The van der Waals surface area contributed by atoms with Crippen molar-refractivity contribution < 1.29 is 14.3 Å². The molecule has 0 aliphatic carbocycles. The summed E-state index contributed by atoms with van der Waals surface area (Å²) in [5, 5.41) is 9.15. The Morgan fingerprint density at radius 1 is 1.14 bits per heavy atom. The number of hydrogen-bond acceptors (Lipinski definition) is 3. The van der Waals surface area contributed by atoms with E-state index >= 15 is 0 Å². The van der Waals surface area contributed by atoms with E-state index in [2.05, 4.69) is 4.98 Å². The van der Waals surface area contributed by atoms with E-state index in [1.54, 1.807) is 0 Å². The van der Waals surface area contributed by atoms with Crippen LogP contribution in [0.5, 0.6) is 0 Å². The van der Waals surface area contributed by atoms with Crippen LogP contribution in [0.15, 0.2) is 52.9 Å².